The van der Waals surface area contributed by atoms with Gasteiger partial charge in [-0.1, -0.05) is 11.3 Å². The molecule has 0 aromatic carbocycles. The normalized spacial score (nSPS) is 20.9. The van der Waals surface area contributed by atoms with E-state index in [1.165, 1.54) is 0 Å². The predicted molar refractivity (Wildman–Crippen MR) is 65.4 cm³/mol. The first-order valence-corrected chi connectivity index (χ1v) is 7.63. The second kappa shape index (κ2) is 4.89. The molecule has 0 aliphatic carbocycles. The SMILES string of the molecule is Cc1nc(N)sc1S(=O)(=O)NC[C@H]1CCCO1. The van der Waals surface area contributed by atoms with Crippen LogP contribution in [0.15, 0.2) is 4.21 Å². The molecule has 1 aliphatic heterocycles. The zero-order chi connectivity index (χ0) is 12.5. The second-order valence-corrected chi connectivity index (χ2v) is 6.90. The van der Waals surface area contributed by atoms with E-state index in [1.807, 2.05) is 0 Å². The Morgan fingerprint density at radius 3 is 2.94 bits per heavy atom. The monoisotopic (exact) mass is 277 g/mol. The molecule has 1 fully saturated rings. The molecular weight excluding hydrogens is 262 g/mol. The average Bonchev–Trinajstić information content (AvgIpc) is 2.85. The Kier molecular flexibility index (Phi) is 3.67. The topological polar surface area (TPSA) is 94.3 Å². The highest BCUT2D eigenvalue weighted by Crippen LogP contribution is 2.24. The number of ether oxygens (including phenoxy) is 1. The molecule has 2 heterocycles. The molecule has 1 aliphatic rings. The average molecular weight is 277 g/mol. The van der Waals surface area contributed by atoms with Crippen molar-refractivity contribution in [1.29, 1.82) is 0 Å². The molecule has 1 aromatic heterocycles. The zero-order valence-corrected chi connectivity index (χ0v) is 11.1. The van der Waals surface area contributed by atoms with Crippen molar-refractivity contribution >= 4 is 26.5 Å². The molecule has 6 nitrogen and oxygen atoms in total. The van der Waals surface area contributed by atoms with Gasteiger partial charge in [0.2, 0.25) is 0 Å². The fraction of sp³-hybridized carbons (Fsp3) is 0.667. The first-order chi connectivity index (χ1) is 7.99. The molecule has 17 heavy (non-hydrogen) atoms. The third-order valence-electron chi connectivity index (χ3n) is 2.54. The Hall–Kier alpha value is -0.700. The van der Waals surface area contributed by atoms with Crippen LogP contribution in [0.2, 0.25) is 0 Å². The van der Waals surface area contributed by atoms with Crippen molar-refractivity contribution in [2.45, 2.75) is 30.1 Å². The van der Waals surface area contributed by atoms with Crippen LogP contribution in [-0.4, -0.2) is 32.7 Å². The fourth-order valence-electron chi connectivity index (χ4n) is 1.73. The molecule has 0 bridgehead atoms. The highest BCUT2D eigenvalue weighted by molar-refractivity contribution is 7.91. The first-order valence-electron chi connectivity index (χ1n) is 5.33. The van der Waals surface area contributed by atoms with Gasteiger partial charge in [-0.25, -0.2) is 18.1 Å². The summed E-state index contributed by atoms with van der Waals surface area (Å²) in [5.41, 5.74) is 5.92. The molecular formula is C9H15N3O3S2. The fourth-order valence-corrected chi connectivity index (χ4v) is 4.13. The van der Waals surface area contributed by atoms with E-state index in [-0.39, 0.29) is 15.4 Å². The lowest BCUT2D eigenvalue weighted by Gasteiger charge is -2.10. The summed E-state index contributed by atoms with van der Waals surface area (Å²) in [5, 5.41) is 0.264. The number of rotatable bonds is 4. The van der Waals surface area contributed by atoms with Crippen LogP contribution >= 0.6 is 11.3 Å². The summed E-state index contributed by atoms with van der Waals surface area (Å²) in [4.78, 5) is 3.90. The van der Waals surface area contributed by atoms with Gasteiger partial charge in [-0.2, -0.15) is 0 Å². The zero-order valence-electron chi connectivity index (χ0n) is 9.47. The molecule has 1 saturated heterocycles. The smallest absolute Gasteiger partial charge is 0.252 e. The molecule has 3 N–H and O–H groups in total. The van der Waals surface area contributed by atoms with Gasteiger partial charge in [0.15, 0.2) is 9.34 Å². The van der Waals surface area contributed by atoms with E-state index in [1.54, 1.807) is 6.92 Å². The van der Waals surface area contributed by atoms with Gasteiger partial charge in [0.1, 0.15) is 0 Å². The maximum absolute atomic E-state index is 12.0. The molecule has 2 rings (SSSR count). The van der Waals surface area contributed by atoms with Crippen molar-refractivity contribution in [3.8, 4) is 0 Å². The summed E-state index contributed by atoms with van der Waals surface area (Å²) < 4.78 is 32.0. The summed E-state index contributed by atoms with van der Waals surface area (Å²) >= 11 is 0.979. The van der Waals surface area contributed by atoms with Gasteiger partial charge in [0.25, 0.3) is 10.0 Å². The summed E-state index contributed by atoms with van der Waals surface area (Å²) in [6.07, 6.45) is 1.86. The quantitative estimate of drug-likeness (QED) is 0.835. The Morgan fingerprint density at radius 2 is 2.41 bits per heavy atom. The molecule has 8 heteroatoms. The molecule has 0 radical (unpaired) electrons. The summed E-state index contributed by atoms with van der Waals surface area (Å²) in [5.74, 6) is 0. The number of aryl methyl sites for hydroxylation is 1. The number of aromatic nitrogens is 1. The number of nitrogens with one attached hydrogen (secondary N) is 1. The molecule has 96 valence electrons. The van der Waals surface area contributed by atoms with Crippen molar-refractivity contribution in [3.63, 3.8) is 0 Å². The summed E-state index contributed by atoms with van der Waals surface area (Å²) in [6, 6.07) is 0. The highest BCUT2D eigenvalue weighted by atomic mass is 32.2. The van der Waals surface area contributed by atoms with Crippen molar-refractivity contribution in [1.82, 2.24) is 9.71 Å². The first kappa shape index (κ1) is 12.7. The minimum Gasteiger partial charge on any atom is -0.377 e. The van der Waals surface area contributed by atoms with E-state index >= 15 is 0 Å². The number of thiazole rings is 1. The van der Waals surface area contributed by atoms with Crippen molar-refractivity contribution < 1.29 is 13.2 Å². The minimum atomic E-state index is -3.51. The molecule has 0 saturated carbocycles. The largest absolute Gasteiger partial charge is 0.377 e. The highest BCUT2D eigenvalue weighted by Gasteiger charge is 2.23. The number of hydrogen-bond acceptors (Lipinski definition) is 6. The van der Waals surface area contributed by atoms with Gasteiger partial charge >= 0.3 is 0 Å². The minimum absolute atomic E-state index is 0.0182. The maximum Gasteiger partial charge on any atom is 0.252 e. The molecule has 0 amide bonds. The second-order valence-electron chi connectivity index (χ2n) is 3.91. The number of anilines is 1. The van der Waals surface area contributed by atoms with Gasteiger partial charge in [-0.3, -0.25) is 0 Å². The molecule has 0 unspecified atom stereocenters. The van der Waals surface area contributed by atoms with Gasteiger partial charge in [0.05, 0.1) is 11.8 Å². The lowest BCUT2D eigenvalue weighted by Crippen LogP contribution is -2.31. The van der Waals surface area contributed by atoms with Crippen LogP contribution in [0, 0.1) is 6.92 Å². The number of nitrogen functional groups attached to an aromatic ring is 1. The third kappa shape index (κ3) is 2.95. The van der Waals surface area contributed by atoms with E-state index in [4.69, 9.17) is 10.5 Å². The van der Waals surface area contributed by atoms with Gasteiger partial charge in [0, 0.05) is 13.2 Å². The van der Waals surface area contributed by atoms with Crippen molar-refractivity contribution in [2.75, 3.05) is 18.9 Å². The van der Waals surface area contributed by atoms with E-state index in [0.717, 1.165) is 24.2 Å². The van der Waals surface area contributed by atoms with E-state index < -0.39 is 10.0 Å². The number of nitrogens with two attached hydrogens (primary N) is 1. The third-order valence-corrected chi connectivity index (χ3v) is 5.56. The lowest BCUT2D eigenvalue weighted by molar-refractivity contribution is 0.114. The van der Waals surface area contributed by atoms with E-state index in [9.17, 15) is 8.42 Å². The summed E-state index contributed by atoms with van der Waals surface area (Å²) in [6.45, 7) is 2.64. The molecule has 1 atom stereocenters. The number of hydrogen-bond donors (Lipinski definition) is 2. The lowest BCUT2D eigenvalue weighted by atomic mass is 10.2. The van der Waals surface area contributed by atoms with Crippen LogP contribution in [0.3, 0.4) is 0 Å². The van der Waals surface area contributed by atoms with Gasteiger partial charge < -0.3 is 10.5 Å². The van der Waals surface area contributed by atoms with Crippen LogP contribution in [-0.2, 0) is 14.8 Å². The van der Waals surface area contributed by atoms with Crippen LogP contribution in [0.1, 0.15) is 18.5 Å². The maximum atomic E-state index is 12.0. The van der Waals surface area contributed by atoms with E-state index in [0.29, 0.717) is 18.8 Å². The van der Waals surface area contributed by atoms with Gasteiger partial charge in [-0.15, -0.1) is 0 Å². The predicted octanol–water partition coefficient (Wildman–Crippen LogP) is 0.491. The van der Waals surface area contributed by atoms with Gasteiger partial charge in [-0.05, 0) is 19.8 Å². The standard InChI is InChI=1S/C9H15N3O3S2/c1-6-8(16-9(10)12-6)17(13,14)11-5-7-3-2-4-15-7/h7,11H,2-5H2,1H3,(H2,10,12)/t7-/m1/s1. The molecule has 0 spiro atoms. The number of sulfonamides is 1. The Labute approximate surface area is 104 Å². The van der Waals surface area contributed by atoms with Crippen LogP contribution in [0.4, 0.5) is 5.13 Å². The summed E-state index contributed by atoms with van der Waals surface area (Å²) in [7, 11) is -3.51. The van der Waals surface area contributed by atoms with Crippen molar-refractivity contribution in [2.24, 2.45) is 0 Å². The Balaban J connectivity index is 2.05. The van der Waals surface area contributed by atoms with Crippen LogP contribution in [0.5, 0.6) is 0 Å². The van der Waals surface area contributed by atoms with Crippen LogP contribution < -0.4 is 10.5 Å². The number of nitrogens with zero attached hydrogens (tertiary/aromatic N) is 1. The van der Waals surface area contributed by atoms with E-state index in [2.05, 4.69) is 9.71 Å². The molecule has 1 aromatic rings. The Bertz CT molecular complexity index is 492. The van der Waals surface area contributed by atoms with Crippen molar-refractivity contribution in [3.05, 3.63) is 5.69 Å². The van der Waals surface area contributed by atoms with Crippen LogP contribution in [0.25, 0.3) is 0 Å². The Morgan fingerprint density at radius 1 is 1.65 bits per heavy atom.